The van der Waals surface area contributed by atoms with E-state index in [-0.39, 0.29) is 18.2 Å². The molecule has 0 aliphatic carbocycles. The van der Waals surface area contributed by atoms with E-state index >= 15 is 0 Å². The molecule has 0 spiro atoms. The number of amides is 1. The first kappa shape index (κ1) is 19.4. The van der Waals surface area contributed by atoms with Gasteiger partial charge in [-0.3, -0.25) is 4.79 Å². The number of aryl methyl sites for hydroxylation is 1. The molecule has 0 unspecified atom stereocenters. The van der Waals surface area contributed by atoms with Crippen molar-refractivity contribution < 1.29 is 18.7 Å². The highest BCUT2D eigenvalue weighted by molar-refractivity contribution is 7.17. The number of aromatic nitrogens is 1. The molecule has 0 atom stereocenters. The molecule has 3 rings (SSSR count). The van der Waals surface area contributed by atoms with Crippen molar-refractivity contribution in [2.24, 2.45) is 5.92 Å². The normalized spacial score (nSPS) is 11.1. The van der Waals surface area contributed by atoms with Crippen LogP contribution < -0.4 is 5.32 Å². The second-order valence-corrected chi connectivity index (χ2v) is 7.99. The molecule has 27 heavy (non-hydrogen) atoms. The summed E-state index contributed by atoms with van der Waals surface area (Å²) in [4.78, 5) is 29.1. The molecule has 1 N–H and O–H groups in total. The predicted octanol–water partition coefficient (Wildman–Crippen LogP) is 4.85. The first-order valence-electron chi connectivity index (χ1n) is 8.43. The van der Waals surface area contributed by atoms with Crippen molar-refractivity contribution in [3.05, 3.63) is 45.6 Å². The monoisotopic (exact) mass is 406 g/mol. The number of hydrogen-bond acceptors (Lipinski definition) is 6. The van der Waals surface area contributed by atoms with Gasteiger partial charge in [0, 0.05) is 16.0 Å². The molecule has 6 nitrogen and oxygen atoms in total. The molecule has 1 aromatic carbocycles. The lowest BCUT2D eigenvalue weighted by molar-refractivity contribution is -0.115. The number of halogens is 1. The largest absolute Gasteiger partial charge is 0.464 e. The molecular formula is C19H19ClN2O4S. The van der Waals surface area contributed by atoms with Crippen LogP contribution in [0.5, 0.6) is 0 Å². The number of carbonyl (C=O) groups is 2. The fraction of sp³-hybridized carbons (Fsp3) is 0.316. The maximum absolute atomic E-state index is 12.4. The number of anilines is 1. The Bertz CT molecular complexity index is 993. The number of esters is 1. The maximum atomic E-state index is 12.4. The van der Waals surface area contributed by atoms with Gasteiger partial charge in [-0.05, 0) is 31.0 Å². The number of thiazole rings is 1. The lowest BCUT2D eigenvalue weighted by Crippen LogP contribution is -2.14. The van der Waals surface area contributed by atoms with Crippen molar-refractivity contribution in [3.8, 4) is 0 Å². The number of hydrogen-bond donors (Lipinski definition) is 1. The van der Waals surface area contributed by atoms with Crippen LogP contribution in [0.25, 0.3) is 11.0 Å². The van der Waals surface area contributed by atoms with Crippen molar-refractivity contribution in [1.29, 1.82) is 0 Å². The van der Waals surface area contributed by atoms with E-state index in [1.807, 2.05) is 13.8 Å². The topological polar surface area (TPSA) is 81.4 Å². The van der Waals surface area contributed by atoms with Crippen LogP contribution >= 0.6 is 22.9 Å². The summed E-state index contributed by atoms with van der Waals surface area (Å²) < 4.78 is 10.7. The van der Waals surface area contributed by atoms with E-state index in [0.29, 0.717) is 32.9 Å². The van der Waals surface area contributed by atoms with Crippen molar-refractivity contribution in [3.63, 3.8) is 0 Å². The molecule has 1 amide bonds. The van der Waals surface area contributed by atoms with Crippen LogP contribution in [0.3, 0.4) is 0 Å². The Labute approximate surface area is 165 Å². The highest BCUT2D eigenvalue weighted by Crippen LogP contribution is 2.26. The van der Waals surface area contributed by atoms with Gasteiger partial charge in [-0.15, -0.1) is 0 Å². The first-order chi connectivity index (χ1) is 12.8. The molecule has 2 heterocycles. The number of rotatable bonds is 6. The minimum absolute atomic E-state index is 0.110. The van der Waals surface area contributed by atoms with E-state index in [0.717, 1.165) is 22.3 Å². The average molecular weight is 407 g/mol. The summed E-state index contributed by atoms with van der Waals surface area (Å²) in [5.41, 5.74) is 1.93. The van der Waals surface area contributed by atoms with Crippen molar-refractivity contribution in [1.82, 2.24) is 4.98 Å². The minimum Gasteiger partial charge on any atom is -0.464 e. The first-order valence-corrected chi connectivity index (χ1v) is 9.63. The summed E-state index contributed by atoms with van der Waals surface area (Å²) in [6, 6.07) is 5.26. The number of furan rings is 1. The van der Waals surface area contributed by atoms with Gasteiger partial charge in [0.1, 0.15) is 10.5 Å². The summed E-state index contributed by atoms with van der Waals surface area (Å²) in [5, 5.41) is 4.46. The van der Waals surface area contributed by atoms with Gasteiger partial charge in [0.05, 0.1) is 25.0 Å². The fourth-order valence-electron chi connectivity index (χ4n) is 2.47. The Balaban J connectivity index is 1.68. The highest BCUT2D eigenvalue weighted by atomic mass is 35.5. The van der Waals surface area contributed by atoms with Gasteiger partial charge >= 0.3 is 5.97 Å². The van der Waals surface area contributed by atoms with Gasteiger partial charge in [0.2, 0.25) is 5.91 Å². The van der Waals surface area contributed by atoms with Gasteiger partial charge in [-0.1, -0.05) is 36.8 Å². The summed E-state index contributed by atoms with van der Waals surface area (Å²) in [6.07, 6.45) is 1.65. The quantitative estimate of drug-likeness (QED) is 0.592. The smallest absolute Gasteiger partial charge is 0.350 e. The Morgan fingerprint density at radius 1 is 1.37 bits per heavy atom. The van der Waals surface area contributed by atoms with Crippen LogP contribution in [0.2, 0.25) is 5.02 Å². The zero-order chi connectivity index (χ0) is 19.6. The third kappa shape index (κ3) is 4.67. The minimum atomic E-state index is -0.422. The van der Waals surface area contributed by atoms with Gasteiger partial charge in [0.25, 0.3) is 0 Å². The molecule has 0 radical (unpaired) electrons. The van der Waals surface area contributed by atoms with E-state index in [2.05, 4.69) is 10.3 Å². The molecule has 0 fully saturated rings. The molecular weight excluding hydrogens is 388 g/mol. The lowest BCUT2D eigenvalue weighted by atomic mass is 10.1. The zero-order valence-corrected chi connectivity index (χ0v) is 16.7. The summed E-state index contributed by atoms with van der Waals surface area (Å²) in [6.45, 7) is 5.98. The summed E-state index contributed by atoms with van der Waals surface area (Å²) in [7, 11) is 0. The molecule has 8 heteroatoms. The zero-order valence-electron chi connectivity index (χ0n) is 15.2. The third-order valence-corrected chi connectivity index (χ3v) is 5.03. The van der Waals surface area contributed by atoms with Crippen LogP contribution in [0.4, 0.5) is 5.13 Å². The van der Waals surface area contributed by atoms with Gasteiger partial charge in [-0.25, -0.2) is 9.78 Å². The number of nitrogens with one attached hydrogen (secondary N) is 1. The number of benzene rings is 1. The SMILES string of the molecule is Cc1nc(NC(=O)Cc2coc3ccc(Cl)cc23)sc1C(=O)OCC(C)C. The van der Waals surface area contributed by atoms with E-state index in [9.17, 15) is 9.59 Å². The molecule has 3 aromatic rings. The molecule has 0 aliphatic rings. The second kappa shape index (κ2) is 8.10. The van der Waals surface area contributed by atoms with Crippen LogP contribution in [-0.4, -0.2) is 23.5 Å². The van der Waals surface area contributed by atoms with Gasteiger partial charge < -0.3 is 14.5 Å². The maximum Gasteiger partial charge on any atom is 0.350 e. The number of ether oxygens (including phenoxy) is 1. The summed E-state index contributed by atoms with van der Waals surface area (Å²) >= 11 is 7.12. The summed E-state index contributed by atoms with van der Waals surface area (Å²) in [5.74, 6) is -0.428. The standard InChI is InChI=1S/C19H19ClN2O4S/c1-10(2)8-26-18(24)17-11(3)21-19(27-17)22-16(23)6-12-9-25-15-5-4-13(20)7-14(12)15/h4-5,7,9-10H,6,8H2,1-3H3,(H,21,22,23). The van der Waals surface area contributed by atoms with Crippen molar-refractivity contribution >= 4 is 50.9 Å². The number of nitrogens with zero attached hydrogens (tertiary/aromatic N) is 1. The number of carbonyl (C=O) groups excluding carboxylic acids is 2. The molecule has 142 valence electrons. The van der Waals surface area contributed by atoms with Gasteiger partial charge in [0.15, 0.2) is 5.13 Å². The lowest BCUT2D eigenvalue weighted by Gasteiger charge is -2.05. The predicted molar refractivity (Wildman–Crippen MR) is 106 cm³/mol. The van der Waals surface area contributed by atoms with Gasteiger partial charge in [-0.2, -0.15) is 0 Å². The van der Waals surface area contributed by atoms with Crippen LogP contribution in [0, 0.1) is 12.8 Å². The second-order valence-electron chi connectivity index (χ2n) is 6.55. The Morgan fingerprint density at radius 3 is 2.89 bits per heavy atom. The molecule has 2 aromatic heterocycles. The molecule has 0 saturated carbocycles. The highest BCUT2D eigenvalue weighted by Gasteiger charge is 2.19. The van der Waals surface area contributed by atoms with Crippen LogP contribution in [0.1, 0.15) is 34.8 Å². The van der Waals surface area contributed by atoms with E-state index in [4.69, 9.17) is 20.8 Å². The Kier molecular flexibility index (Phi) is 5.82. The molecule has 0 bridgehead atoms. The average Bonchev–Trinajstić information content (AvgIpc) is 3.16. The third-order valence-electron chi connectivity index (χ3n) is 3.74. The Morgan fingerprint density at radius 2 is 2.15 bits per heavy atom. The van der Waals surface area contributed by atoms with Crippen LogP contribution in [-0.2, 0) is 16.0 Å². The van der Waals surface area contributed by atoms with E-state index < -0.39 is 5.97 Å². The molecule has 0 aliphatic heterocycles. The van der Waals surface area contributed by atoms with Crippen molar-refractivity contribution in [2.45, 2.75) is 27.2 Å². The van der Waals surface area contributed by atoms with Crippen LogP contribution in [0.15, 0.2) is 28.9 Å². The fourth-order valence-corrected chi connectivity index (χ4v) is 3.52. The van der Waals surface area contributed by atoms with Crippen molar-refractivity contribution in [2.75, 3.05) is 11.9 Å². The van der Waals surface area contributed by atoms with E-state index in [1.54, 1.807) is 31.4 Å². The number of fused-ring (bicyclic) bond motifs is 1. The molecule has 0 saturated heterocycles. The Hall–Kier alpha value is -2.38. The van der Waals surface area contributed by atoms with E-state index in [1.165, 1.54) is 0 Å².